The minimum Gasteiger partial charge on any atom is -0.343 e. The van der Waals surface area contributed by atoms with Crippen LogP contribution < -0.4 is 5.73 Å². The lowest BCUT2D eigenvalue weighted by molar-refractivity contribution is -0.130. The fourth-order valence-corrected chi connectivity index (χ4v) is 2.76. The van der Waals surface area contributed by atoms with Gasteiger partial charge in [-0.05, 0) is 49.4 Å². The molecule has 1 aromatic heterocycles. The van der Waals surface area contributed by atoms with Gasteiger partial charge >= 0.3 is 0 Å². The van der Waals surface area contributed by atoms with Crippen molar-refractivity contribution < 1.29 is 4.79 Å². The number of pyridine rings is 1. The van der Waals surface area contributed by atoms with Crippen LogP contribution in [0.1, 0.15) is 49.8 Å². The molecule has 1 aliphatic rings. The predicted molar refractivity (Wildman–Crippen MR) is 109 cm³/mol. The number of nitrogens with two attached hydrogens (primary N) is 1. The van der Waals surface area contributed by atoms with Crippen molar-refractivity contribution in [1.82, 2.24) is 9.88 Å². The Balaban J connectivity index is 0.000000263. The summed E-state index contributed by atoms with van der Waals surface area (Å²) in [5, 5.41) is 0. The van der Waals surface area contributed by atoms with Gasteiger partial charge in [-0.2, -0.15) is 0 Å². The normalized spacial score (nSPS) is 12.5. The Labute approximate surface area is 158 Å². The molecule has 0 aliphatic carbocycles. The van der Waals surface area contributed by atoms with Crippen molar-refractivity contribution in [2.24, 2.45) is 5.73 Å². The molecule has 26 heavy (non-hydrogen) atoms. The topological polar surface area (TPSA) is 59.2 Å². The monoisotopic (exact) mass is 355 g/mol. The minimum atomic E-state index is 0.296. The number of aryl methyl sites for hydroxylation is 2. The maximum absolute atomic E-state index is 11.7. The van der Waals surface area contributed by atoms with Gasteiger partial charge in [0, 0.05) is 38.4 Å². The molecule has 0 saturated carbocycles. The average molecular weight is 356 g/mol. The van der Waals surface area contributed by atoms with Gasteiger partial charge in [-0.15, -0.1) is 0 Å². The first-order chi connectivity index (χ1) is 12.7. The Kier molecular flexibility index (Phi) is 11.0. The van der Waals surface area contributed by atoms with E-state index >= 15 is 0 Å². The van der Waals surface area contributed by atoms with E-state index in [2.05, 4.69) is 24.0 Å². The fourth-order valence-electron chi connectivity index (χ4n) is 2.76. The van der Waals surface area contributed by atoms with Gasteiger partial charge in [-0.3, -0.25) is 9.78 Å². The molecule has 3 rings (SSSR count). The van der Waals surface area contributed by atoms with Crippen molar-refractivity contribution >= 4 is 5.91 Å². The van der Waals surface area contributed by atoms with E-state index in [0.29, 0.717) is 18.9 Å². The van der Waals surface area contributed by atoms with Gasteiger partial charge in [-0.25, -0.2) is 0 Å². The van der Waals surface area contributed by atoms with Crippen molar-refractivity contribution in [3.8, 4) is 0 Å². The molecule has 0 atom stereocenters. The van der Waals surface area contributed by atoms with E-state index < -0.39 is 0 Å². The van der Waals surface area contributed by atoms with Crippen molar-refractivity contribution in [2.75, 3.05) is 13.1 Å². The average Bonchev–Trinajstić information content (AvgIpc) is 3.24. The van der Waals surface area contributed by atoms with Gasteiger partial charge in [0.15, 0.2) is 0 Å². The molecular weight excluding hydrogens is 322 g/mol. The third kappa shape index (κ3) is 8.26. The number of hydrogen-bond donors (Lipinski definition) is 1. The summed E-state index contributed by atoms with van der Waals surface area (Å²) in [6.07, 6.45) is 7.34. The van der Waals surface area contributed by atoms with Gasteiger partial charge in [0.1, 0.15) is 0 Å². The molecule has 1 amide bonds. The molecule has 0 unspecified atom stereocenters. The number of hydrogen-bond acceptors (Lipinski definition) is 3. The Morgan fingerprint density at radius 3 is 2.27 bits per heavy atom. The van der Waals surface area contributed by atoms with E-state index in [9.17, 15) is 4.79 Å². The molecule has 1 fully saturated rings. The highest BCUT2D eigenvalue weighted by atomic mass is 16.2. The van der Waals surface area contributed by atoms with Crippen molar-refractivity contribution in [1.29, 1.82) is 0 Å². The van der Waals surface area contributed by atoms with Gasteiger partial charge in [-0.1, -0.05) is 43.7 Å². The zero-order valence-corrected chi connectivity index (χ0v) is 16.4. The van der Waals surface area contributed by atoms with E-state index in [0.717, 1.165) is 19.5 Å². The van der Waals surface area contributed by atoms with Gasteiger partial charge < -0.3 is 10.6 Å². The van der Waals surface area contributed by atoms with E-state index in [1.165, 1.54) is 29.5 Å². The number of carbonyl (C=O) groups excluding carboxylic acids is 1. The van der Waals surface area contributed by atoms with Gasteiger partial charge in [0.05, 0.1) is 0 Å². The molecule has 1 aliphatic heterocycles. The third-order valence-corrected chi connectivity index (χ3v) is 4.15. The van der Waals surface area contributed by atoms with Crippen LogP contribution in [0.5, 0.6) is 0 Å². The highest BCUT2D eigenvalue weighted by Crippen LogP contribution is 2.10. The summed E-state index contributed by atoms with van der Waals surface area (Å²) in [7, 11) is 0. The highest BCUT2D eigenvalue weighted by Gasteiger charge is 2.16. The largest absolute Gasteiger partial charge is 0.343 e. The zero-order valence-electron chi connectivity index (χ0n) is 16.4. The molecule has 1 aromatic carbocycles. The second-order valence-electron chi connectivity index (χ2n) is 6.14. The number of amides is 1. The van der Waals surface area contributed by atoms with Crippen LogP contribution in [0.15, 0.2) is 48.8 Å². The standard InChI is InChI=1S/C12H16N2O.C8H11N.C2H6/c15-12(14-9-1-2-10-14)4-3-11-5-7-13-8-6-11;1-7-3-2-4-8(5-7)6-9;1-2/h5-8H,1-4,9-10H2;2-5H,6,9H2,1H3;1-2H3. The molecule has 0 spiro atoms. The Morgan fingerprint density at radius 2 is 1.73 bits per heavy atom. The Bertz CT molecular complexity index is 622. The lowest BCUT2D eigenvalue weighted by Crippen LogP contribution is -2.27. The number of nitrogens with zero attached hydrogens (tertiary/aromatic N) is 2. The first-order valence-electron chi connectivity index (χ1n) is 9.61. The molecule has 1 saturated heterocycles. The zero-order chi connectivity index (χ0) is 19.2. The lowest BCUT2D eigenvalue weighted by Gasteiger charge is -2.14. The van der Waals surface area contributed by atoms with Crippen molar-refractivity contribution in [2.45, 2.75) is 53.0 Å². The number of benzene rings is 1. The van der Waals surface area contributed by atoms with Crippen LogP contribution in [0.2, 0.25) is 0 Å². The second-order valence-corrected chi connectivity index (χ2v) is 6.14. The molecule has 142 valence electrons. The molecule has 2 N–H and O–H groups in total. The highest BCUT2D eigenvalue weighted by molar-refractivity contribution is 5.76. The van der Waals surface area contributed by atoms with Crippen LogP contribution in [0.25, 0.3) is 0 Å². The summed E-state index contributed by atoms with van der Waals surface area (Å²) >= 11 is 0. The van der Waals surface area contributed by atoms with E-state index in [-0.39, 0.29) is 0 Å². The minimum absolute atomic E-state index is 0.296. The van der Waals surface area contributed by atoms with Crippen LogP contribution >= 0.6 is 0 Å². The van der Waals surface area contributed by atoms with Crippen LogP contribution in [0.4, 0.5) is 0 Å². The maximum Gasteiger partial charge on any atom is 0.222 e. The summed E-state index contributed by atoms with van der Waals surface area (Å²) in [4.78, 5) is 17.7. The first kappa shape index (κ1) is 21.8. The molecule has 2 aromatic rings. The van der Waals surface area contributed by atoms with Crippen LogP contribution in [-0.2, 0) is 17.8 Å². The van der Waals surface area contributed by atoms with E-state index in [1.807, 2.05) is 43.0 Å². The van der Waals surface area contributed by atoms with E-state index in [4.69, 9.17) is 5.73 Å². The summed E-state index contributed by atoms with van der Waals surface area (Å²) in [5.41, 5.74) is 9.09. The Hall–Kier alpha value is -2.20. The number of rotatable bonds is 4. The summed E-state index contributed by atoms with van der Waals surface area (Å²) in [6.45, 7) is 8.62. The maximum atomic E-state index is 11.7. The van der Waals surface area contributed by atoms with Crippen LogP contribution in [-0.4, -0.2) is 28.9 Å². The molecule has 2 heterocycles. The second kappa shape index (κ2) is 13.1. The molecular formula is C22H33N3O. The van der Waals surface area contributed by atoms with Crippen molar-refractivity contribution in [3.05, 3.63) is 65.5 Å². The van der Waals surface area contributed by atoms with Gasteiger partial charge in [0.25, 0.3) is 0 Å². The lowest BCUT2D eigenvalue weighted by atomic mass is 10.1. The summed E-state index contributed by atoms with van der Waals surface area (Å²) in [5.74, 6) is 0.296. The molecule has 4 heteroatoms. The summed E-state index contributed by atoms with van der Waals surface area (Å²) < 4.78 is 0. The smallest absolute Gasteiger partial charge is 0.222 e. The molecule has 0 bridgehead atoms. The summed E-state index contributed by atoms with van der Waals surface area (Å²) in [6, 6.07) is 12.2. The molecule has 4 nitrogen and oxygen atoms in total. The molecule has 0 radical (unpaired) electrons. The first-order valence-corrected chi connectivity index (χ1v) is 9.61. The third-order valence-electron chi connectivity index (χ3n) is 4.15. The fraction of sp³-hybridized carbons (Fsp3) is 0.455. The van der Waals surface area contributed by atoms with Crippen LogP contribution in [0.3, 0.4) is 0 Å². The number of likely N-dealkylation sites (tertiary alicyclic amines) is 1. The Morgan fingerprint density at radius 1 is 1.08 bits per heavy atom. The number of aromatic nitrogens is 1. The predicted octanol–water partition coefficient (Wildman–Crippen LogP) is 4.12. The van der Waals surface area contributed by atoms with Crippen molar-refractivity contribution in [3.63, 3.8) is 0 Å². The van der Waals surface area contributed by atoms with Gasteiger partial charge in [0.2, 0.25) is 5.91 Å². The van der Waals surface area contributed by atoms with Crippen LogP contribution in [0, 0.1) is 6.92 Å². The number of carbonyl (C=O) groups is 1. The SMILES string of the molecule is CC.Cc1cccc(CN)c1.O=C(CCc1ccncc1)N1CCCC1. The van der Waals surface area contributed by atoms with E-state index in [1.54, 1.807) is 12.4 Å². The quantitative estimate of drug-likeness (QED) is 0.897.